The van der Waals surface area contributed by atoms with Crippen LogP contribution in [0.3, 0.4) is 0 Å². The van der Waals surface area contributed by atoms with Gasteiger partial charge >= 0.3 is 13.8 Å². The molecule has 0 heterocycles. The number of aliphatic hydroxyl groups is 1. The van der Waals surface area contributed by atoms with Gasteiger partial charge in [0.05, 0.1) is 6.61 Å². The molecule has 0 aliphatic carbocycles. The van der Waals surface area contributed by atoms with E-state index in [2.05, 4.69) is 0 Å². The molecule has 11 heavy (non-hydrogen) atoms. The summed E-state index contributed by atoms with van der Waals surface area (Å²) in [5.74, 6) is -2.86. The van der Waals surface area contributed by atoms with E-state index in [9.17, 15) is 14.2 Å². The van der Waals surface area contributed by atoms with Crippen molar-refractivity contribution in [2.45, 2.75) is 5.66 Å². The van der Waals surface area contributed by atoms with Gasteiger partial charge in [0.25, 0.3) is 5.78 Å². The van der Waals surface area contributed by atoms with Crippen LogP contribution in [0.15, 0.2) is 0 Å². The standard InChI is InChI=1S/C5H7O5P/c1-11(10)3(2-6)4(7)5(8)9/h3,6H,2H2,1H3/p+1. The third-order valence-corrected chi connectivity index (χ3v) is 2.40. The Morgan fingerprint density at radius 3 is 2.09 bits per heavy atom. The first kappa shape index (κ1) is 10.2. The van der Waals surface area contributed by atoms with Gasteiger partial charge in [-0.25, -0.2) is 4.79 Å². The molecule has 0 aromatic rings. The molecule has 2 atom stereocenters. The zero-order valence-electron chi connectivity index (χ0n) is 5.85. The van der Waals surface area contributed by atoms with E-state index >= 15 is 0 Å². The molecular weight excluding hydrogens is 171 g/mol. The van der Waals surface area contributed by atoms with Gasteiger partial charge in [-0.05, 0) is 0 Å². The second-order valence-electron chi connectivity index (χ2n) is 1.91. The largest absolute Gasteiger partial charge is 0.475 e. The van der Waals surface area contributed by atoms with Gasteiger partial charge < -0.3 is 10.2 Å². The maximum Gasteiger partial charge on any atom is 0.377 e. The Morgan fingerprint density at radius 2 is 2.00 bits per heavy atom. The summed E-state index contributed by atoms with van der Waals surface area (Å²) >= 11 is 0. The first-order chi connectivity index (χ1) is 5.00. The highest BCUT2D eigenvalue weighted by Crippen LogP contribution is 2.22. The number of Topliss-reactive ketones (excluding diaryl/α,β-unsaturated/α-hetero) is 1. The summed E-state index contributed by atoms with van der Waals surface area (Å²) < 4.78 is 10.6. The Bertz CT molecular complexity index is 199. The Morgan fingerprint density at radius 1 is 1.55 bits per heavy atom. The topological polar surface area (TPSA) is 91.7 Å². The minimum atomic E-state index is -1.97. The van der Waals surface area contributed by atoms with Gasteiger partial charge in [-0.15, -0.1) is 0 Å². The van der Waals surface area contributed by atoms with Gasteiger partial charge in [0.15, 0.2) is 0 Å². The molecule has 0 aliphatic rings. The molecule has 62 valence electrons. The summed E-state index contributed by atoms with van der Waals surface area (Å²) in [7, 11) is -1.97. The van der Waals surface area contributed by atoms with Crippen molar-refractivity contribution in [2.75, 3.05) is 13.3 Å². The lowest BCUT2D eigenvalue weighted by Gasteiger charge is -1.95. The summed E-state index contributed by atoms with van der Waals surface area (Å²) in [6, 6.07) is 0. The van der Waals surface area contributed by atoms with E-state index < -0.39 is 31.8 Å². The monoisotopic (exact) mass is 179 g/mol. The van der Waals surface area contributed by atoms with Crippen molar-refractivity contribution >= 4 is 19.6 Å². The minimum absolute atomic E-state index is 0.684. The van der Waals surface area contributed by atoms with Crippen molar-refractivity contribution in [2.24, 2.45) is 0 Å². The fourth-order valence-electron chi connectivity index (χ4n) is 0.506. The van der Waals surface area contributed by atoms with Crippen molar-refractivity contribution in [3.05, 3.63) is 0 Å². The van der Waals surface area contributed by atoms with E-state index in [1.807, 2.05) is 0 Å². The van der Waals surface area contributed by atoms with Crippen molar-refractivity contribution in [1.82, 2.24) is 0 Å². The summed E-state index contributed by atoms with van der Waals surface area (Å²) in [6.07, 6.45) is 0. The van der Waals surface area contributed by atoms with Crippen LogP contribution in [0, 0.1) is 0 Å². The molecule has 0 spiro atoms. The van der Waals surface area contributed by atoms with Crippen LogP contribution in [-0.4, -0.2) is 40.9 Å². The molecule has 0 aromatic carbocycles. The van der Waals surface area contributed by atoms with E-state index in [0.717, 1.165) is 0 Å². The molecule has 0 rings (SSSR count). The molecule has 0 saturated heterocycles. The first-order valence-corrected chi connectivity index (χ1v) is 4.56. The lowest BCUT2D eigenvalue weighted by molar-refractivity contribution is -0.149. The van der Waals surface area contributed by atoms with Gasteiger partial charge in [-0.2, -0.15) is 0 Å². The highest BCUT2D eigenvalue weighted by atomic mass is 31.1. The van der Waals surface area contributed by atoms with Crippen molar-refractivity contribution < 1.29 is 24.4 Å². The van der Waals surface area contributed by atoms with Crippen molar-refractivity contribution in [3.8, 4) is 0 Å². The average Bonchev–Trinajstić information content (AvgIpc) is 1.88. The lowest BCUT2D eigenvalue weighted by Crippen LogP contribution is -2.28. The van der Waals surface area contributed by atoms with Gasteiger partial charge in [0.2, 0.25) is 5.66 Å². The van der Waals surface area contributed by atoms with Crippen molar-refractivity contribution in [1.29, 1.82) is 0 Å². The summed E-state index contributed by atoms with van der Waals surface area (Å²) in [6.45, 7) is 0.522. The smallest absolute Gasteiger partial charge is 0.377 e. The van der Waals surface area contributed by atoms with Gasteiger partial charge in [0.1, 0.15) is 6.66 Å². The Balaban J connectivity index is 4.39. The first-order valence-electron chi connectivity index (χ1n) is 2.78. The van der Waals surface area contributed by atoms with Crippen LogP contribution < -0.4 is 0 Å². The number of ketones is 1. The predicted octanol–water partition coefficient (Wildman–Crippen LogP) is -0.542. The lowest BCUT2D eigenvalue weighted by atomic mass is 10.3. The molecule has 2 N–H and O–H groups in total. The highest BCUT2D eigenvalue weighted by Gasteiger charge is 2.36. The van der Waals surface area contributed by atoms with Crippen LogP contribution in [0.1, 0.15) is 0 Å². The molecule has 0 saturated carbocycles. The Kier molecular flexibility index (Phi) is 3.85. The second-order valence-corrected chi connectivity index (χ2v) is 3.63. The van der Waals surface area contributed by atoms with E-state index in [1.165, 1.54) is 6.66 Å². The fourth-order valence-corrected chi connectivity index (χ4v) is 1.18. The number of carbonyl (C=O) groups is 2. The van der Waals surface area contributed by atoms with Crippen LogP contribution in [0.5, 0.6) is 0 Å². The molecule has 0 aliphatic heterocycles. The number of carbonyl (C=O) groups excluding carboxylic acids is 1. The van der Waals surface area contributed by atoms with Gasteiger partial charge in [0, 0.05) is 0 Å². The zero-order valence-corrected chi connectivity index (χ0v) is 6.75. The van der Waals surface area contributed by atoms with Gasteiger partial charge in [-0.3, -0.25) is 4.79 Å². The molecule has 2 unspecified atom stereocenters. The third-order valence-electron chi connectivity index (χ3n) is 1.13. The molecule has 0 aromatic heterocycles. The van der Waals surface area contributed by atoms with Crippen LogP contribution in [-0.2, 0) is 14.2 Å². The quantitative estimate of drug-likeness (QED) is 0.446. The van der Waals surface area contributed by atoms with Gasteiger partial charge in [-0.1, -0.05) is 4.57 Å². The van der Waals surface area contributed by atoms with Crippen LogP contribution in [0.25, 0.3) is 0 Å². The number of hydrogen-bond acceptors (Lipinski definition) is 4. The Hall–Kier alpha value is -0.800. The number of hydrogen-bond donors (Lipinski definition) is 2. The Labute approximate surface area is 63.8 Å². The number of aliphatic hydroxyl groups excluding tert-OH is 1. The molecule has 0 radical (unpaired) electrons. The van der Waals surface area contributed by atoms with E-state index in [-0.39, 0.29) is 0 Å². The summed E-state index contributed by atoms with van der Waals surface area (Å²) in [5.41, 5.74) is -1.26. The van der Waals surface area contributed by atoms with Crippen LogP contribution in [0.2, 0.25) is 0 Å². The number of carboxylic acids is 1. The van der Waals surface area contributed by atoms with E-state index in [4.69, 9.17) is 10.2 Å². The molecule has 0 fully saturated rings. The van der Waals surface area contributed by atoms with Crippen LogP contribution >= 0.6 is 7.80 Å². The van der Waals surface area contributed by atoms with E-state index in [0.29, 0.717) is 0 Å². The number of carboxylic acid groups (broad SMARTS) is 1. The maximum atomic E-state index is 10.6. The maximum absolute atomic E-state index is 10.6. The summed E-state index contributed by atoms with van der Waals surface area (Å²) in [4.78, 5) is 20.6. The number of aliphatic carboxylic acids is 1. The van der Waals surface area contributed by atoms with Crippen molar-refractivity contribution in [3.63, 3.8) is 0 Å². The highest BCUT2D eigenvalue weighted by molar-refractivity contribution is 7.46. The minimum Gasteiger partial charge on any atom is -0.475 e. The van der Waals surface area contributed by atoms with E-state index in [1.54, 1.807) is 0 Å². The molecule has 6 heteroatoms. The zero-order chi connectivity index (χ0) is 9.02. The molecule has 5 nitrogen and oxygen atoms in total. The molecular formula is C5H8O5P+. The summed E-state index contributed by atoms with van der Waals surface area (Å²) in [5, 5.41) is 16.6. The average molecular weight is 179 g/mol. The SMILES string of the molecule is C[P+](=O)C(CO)C(=O)C(=O)O. The number of rotatable bonds is 4. The molecule has 0 amide bonds. The van der Waals surface area contributed by atoms with Crippen LogP contribution in [0.4, 0.5) is 0 Å². The third kappa shape index (κ3) is 2.74. The second kappa shape index (κ2) is 4.16. The molecule has 0 bridgehead atoms. The predicted molar refractivity (Wildman–Crippen MR) is 37.0 cm³/mol. The fraction of sp³-hybridized carbons (Fsp3) is 0.600. The normalized spacial score (nSPS) is 13.8.